The molecule has 0 spiro atoms. The Balaban J connectivity index is 3.66. The number of nitrogens with zero attached hydrogens (tertiary/aromatic N) is 1. The molecule has 0 unspecified atom stereocenters. The van der Waals surface area contributed by atoms with Crippen molar-refractivity contribution < 1.29 is 0 Å². The monoisotopic (exact) mass is 270 g/mol. The summed E-state index contributed by atoms with van der Waals surface area (Å²) in [4.78, 5) is 2.70. The minimum Gasteiger partial charge on any atom is -0.330 e. The van der Waals surface area contributed by atoms with E-state index < -0.39 is 0 Å². The van der Waals surface area contributed by atoms with Crippen molar-refractivity contribution in [2.24, 2.45) is 5.73 Å². The largest absolute Gasteiger partial charge is 0.330 e. The molecule has 0 fully saturated rings. The maximum atomic E-state index is 5.56. The van der Waals surface area contributed by atoms with Gasteiger partial charge in [0.15, 0.2) is 0 Å². The molecule has 2 nitrogen and oxygen atoms in total. The smallest absolute Gasteiger partial charge is 0.00187 e. The molecule has 0 amide bonds. The molecule has 19 heavy (non-hydrogen) atoms. The summed E-state index contributed by atoms with van der Waals surface area (Å²) in [6.45, 7) is 9.35. The van der Waals surface area contributed by atoms with Crippen molar-refractivity contribution in [3.63, 3.8) is 0 Å². The first-order valence-corrected chi connectivity index (χ1v) is 8.77. The maximum absolute atomic E-state index is 5.56. The van der Waals surface area contributed by atoms with Crippen LogP contribution in [-0.2, 0) is 0 Å². The second-order valence-corrected chi connectivity index (χ2v) is 5.81. The van der Waals surface area contributed by atoms with E-state index in [9.17, 15) is 0 Å². The van der Waals surface area contributed by atoms with Crippen LogP contribution in [0.3, 0.4) is 0 Å². The topological polar surface area (TPSA) is 29.3 Å². The zero-order chi connectivity index (χ0) is 14.2. The highest BCUT2D eigenvalue weighted by Crippen LogP contribution is 2.07. The van der Waals surface area contributed by atoms with Crippen molar-refractivity contribution in [3.05, 3.63) is 0 Å². The van der Waals surface area contributed by atoms with Gasteiger partial charge in [-0.2, -0.15) is 0 Å². The lowest BCUT2D eigenvalue weighted by Gasteiger charge is -2.22. The third kappa shape index (κ3) is 14.1. The molecule has 0 aliphatic rings. The van der Waals surface area contributed by atoms with E-state index in [1.165, 1.54) is 90.3 Å². The summed E-state index contributed by atoms with van der Waals surface area (Å²) in [7, 11) is 0. The summed E-state index contributed by atoms with van der Waals surface area (Å²) in [6, 6.07) is 0. The van der Waals surface area contributed by atoms with Gasteiger partial charge in [0.25, 0.3) is 0 Å². The molecular formula is C17H38N2. The zero-order valence-corrected chi connectivity index (χ0v) is 13.6. The first-order valence-electron chi connectivity index (χ1n) is 8.77. The van der Waals surface area contributed by atoms with Crippen molar-refractivity contribution in [1.29, 1.82) is 0 Å². The normalized spacial score (nSPS) is 11.4. The van der Waals surface area contributed by atoms with E-state index in [-0.39, 0.29) is 0 Å². The van der Waals surface area contributed by atoms with E-state index in [1.54, 1.807) is 0 Å². The van der Waals surface area contributed by atoms with Gasteiger partial charge in [0.1, 0.15) is 0 Å². The molecule has 116 valence electrons. The number of unbranched alkanes of at least 4 members (excludes halogenated alkanes) is 8. The zero-order valence-electron chi connectivity index (χ0n) is 13.6. The summed E-state index contributed by atoms with van der Waals surface area (Å²) in [5, 5.41) is 0. The molecule has 0 aromatic rings. The van der Waals surface area contributed by atoms with E-state index in [2.05, 4.69) is 18.7 Å². The highest BCUT2D eigenvalue weighted by Gasteiger charge is 2.04. The molecule has 0 atom stereocenters. The number of hydrogen-bond donors (Lipinski definition) is 1. The maximum Gasteiger partial charge on any atom is -0.00187 e. The van der Waals surface area contributed by atoms with Crippen molar-refractivity contribution in [2.75, 3.05) is 26.2 Å². The number of rotatable bonds is 15. The third-order valence-electron chi connectivity index (χ3n) is 3.83. The molecule has 0 radical (unpaired) electrons. The summed E-state index contributed by atoms with van der Waals surface area (Å²) in [6.07, 6.45) is 14.9. The van der Waals surface area contributed by atoms with E-state index in [0.717, 1.165) is 6.54 Å². The molecule has 0 aliphatic heterocycles. The molecular weight excluding hydrogens is 232 g/mol. The Morgan fingerprint density at radius 2 is 1.00 bits per heavy atom. The van der Waals surface area contributed by atoms with Crippen molar-refractivity contribution in [1.82, 2.24) is 4.90 Å². The van der Waals surface area contributed by atoms with Crippen LogP contribution >= 0.6 is 0 Å². The van der Waals surface area contributed by atoms with Crippen LogP contribution in [0, 0.1) is 0 Å². The lowest BCUT2D eigenvalue weighted by Crippen LogP contribution is -2.27. The number of nitrogens with two attached hydrogens (primary N) is 1. The van der Waals surface area contributed by atoms with Gasteiger partial charge in [0.05, 0.1) is 0 Å². The summed E-state index contributed by atoms with van der Waals surface area (Å²) in [5.74, 6) is 0. The van der Waals surface area contributed by atoms with Gasteiger partial charge in [-0.1, -0.05) is 58.8 Å². The second kappa shape index (κ2) is 16.0. The molecule has 2 N–H and O–H groups in total. The average Bonchev–Trinajstić information content (AvgIpc) is 2.43. The van der Waals surface area contributed by atoms with Gasteiger partial charge in [0.2, 0.25) is 0 Å². The van der Waals surface area contributed by atoms with Crippen molar-refractivity contribution in [3.8, 4) is 0 Å². The first-order chi connectivity index (χ1) is 9.35. The lowest BCUT2D eigenvalue weighted by molar-refractivity contribution is 0.255. The van der Waals surface area contributed by atoms with Gasteiger partial charge >= 0.3 is 0 Å². The van der Waals surface area contributed by atoms with E-state index in [0.29, 0.717) is 0 Å². The van der Waals surface area contributed by atoms with Crippen LogP contribution in [0.4, 0.5) is 0 Å². The quantitative estimate of drug-likeness (QED) is 0.441. The van der Waals surface area contributed by atoms with Crippen LogP contribution in [0.25, 0.3) is 0 Å². The van der Waals surface area contributed by atoms with E-state index in [4.69, 9.17) is 5.73 Å². The van der Waals surface area contributed by atoms with Gasteiger partial charge in [-0.05, 0) is 51.9 Å². The van der Waals surface area contributed by atoms with Gasteiger partial charge < -0.3 is 10.6 Å². The Morgan fingerprint density at radius 3 is 1.37 bits per heavy atom. The van der Waals surface area contributed by atoms with Crippen molar-refractivity contribution >= 4 is 0 Å². The molecule has 2 heteroatoms. The second-order valence-electron chi connectivity index (χ2n) is 5.81. The predicted octanol–water partition coefficient (Wildman–Crippen LogP) is 4.58. The average molecular weight is 271 g/mol. The molecule has 0 aliphatic carbocycles. The van der Waals surface area contributed by atoms with Crippen LogP contribution in [0.15, 0.2) is 0 Å². The van der Waals surface area contributed by atoms with E-state index in [1.807, 2.05) is 0 Å². The Kier molecular flexibility index (Phi) is 15.9. The van der Waals surface area contributed by atoms with Gasteiger partial charge in [-0.15, -0.1) is 0 Å². The standard InChI is InChI=1S/C17H38N2/c1-3-5-7-11-15-19(16-12-8-6-4-2)17-13-9-10-14-18/h3-18H2,1-2H3. The molecule has 0 heterocycles. The fourth-order valence-electron chi connectivity index (χ4n) is 2.52. The SMILES string of the molecule is CCCCCCN(CCCCCC)CCCCCN. The van der Waals surface area contributed by atoms with Gasteiger partial charge in [-0.25, -0.2) is 0 Å². The highest BCUT2D eigenvalue weighted by molar-refractivity contribution is 4.59. The third-order valence-corrected chi connectivity index (χ3v) is 3.83. The summed E-state index contributed by atoms with van der Waals surface area (Å²) in [5.41, 5.74) is 5.56. The molecule has 0 saturated heterocycles. The summed E-state index contributed by atoms with van der Waals surface area (Å²) < 4.78 is 0. The first kappa shape index (κ1) is 18.9. The fourth-order valence-corrected chi connectivity index (χ4v) is 2.52. The van der Waals surface area contributed by atoms with Crippen LogP contribution in [0.5, 0.6) is 0 Å². The Bertz CT molecular complexity index is 131. The van der Waals surface area contributed by atoms with Crippen LogP contribution in [0.1, 0.15) is 84.5 Å². The van der Waals surface area contributed by atoms with Gasteiger partial charge in [0, 0.05) is 0 Å². The Morgan fingerprint density at radius 1 is 0.579 bits per heavy atom. The summed E-state index contributed by atoms with van der Waals surface area (Å²) >= 11 is 0. The van der Waals surface area contributed by atoms with Crippen molar-refractivity contribution in [2.45, 2.75) is 84.5 Å². The Hall–Kier alpha value is -0.0800. The lowest BCUT2D eigenvalue weighted by atomic mass is 10.1. The Labute approximate surface area is 122 Å². The van der Waals surface area contributed by atoms with Crippen LogP contribution < -0.4 is 5.73 Å². The van der Waals surface area contributed by atoms with Crippen LogP contribution in [-0.4, -0.2) is 31.1 Å². The highest BCUT2D eigenvalue weighted by atomic mass is 15.1. The number of hydrogen-bond acceptors (Lipinski definition) is 2. The fraction of sp³-hybridized carbons (Fsp3) is 1.00. The van der Waals surface area contributed by atoms with Crippen LogP contribution in [0.2, 0.25) is 0 Å². The molecule has 0 aromatic carbocycles. The van der Waals surface area contributed by atoms with E-state index >= 15 is 0 Å². The predicted molar refractivity (Wildman–Crippen MR) is 87.6 cm³/mol. The molecule has 0 bridgehead atoms. The minimum absolute atomic E-state index is 0.854. The van der Waals surface area contributed by atoms with Gasteiger partial charge in [-0.3, -0.25) is 0 Å². The molecule has 0 rings (SSSR count). The molecule has 0 aromatic heterocycles. The minimum atomic E-state index is 0.854. The molecule has 0 saturated carbocycles.